The molecule has 0 fully saturated rings. The zero-order valence-electron chi connectivity index (χ0n) is 19.2. The van der Waals surface area contributed by atoms with Crippen LogP contribution in [0.25, 0.3) is 0 Å². The third-order valence-electron chi connectivity index (χ3n) is 3.55. The highest BCUT2D eigenvalue weighted by molar-refractivity contribution is 5.80. The maximum Gasteiger partial charge on any atom is 0.0883 e. The summed E-state index contributed by atoms with van der Waals surface area (Å²) in [5, 5.41) is 3.30. The van der Waals surface area contributed by atoms with Crippen molar-refractivity contribution in [1.29, 1.82) is 0 Å². The molecule has 29 heavy (non-hydrogen) atoms. The second kappa shape index (κ2) is 17.6. The molecule has 0 atom stereocenters. The Balaban J connectivity index is 0.000000956. The molecule has 0 saturated carbocycles. The summed E-state index contributed by atoms with van der Waals surface area (Å²) in [4.78, 5) is 8.90. The molecule has 4 nitrogen and oxygen atoms in total. The first-order valence-corrected chi connectivity index (χ1v) is 10.4. The molecular weight excluding hydrogens is 358 g/mol. The van der Waals surface area contributed by atoms with E-state index in [4.69, 9.17) is 4.74 Å². The first-order chi connectivity index (χ1) is 14.0. The number of hydrogen-bond acceptors (Lipinski definition) is 4. The predicted octanol–water partition coefficient (Wildman–Crippen LogP) is 6.40. The summed E-state index contributed by atoms with van der Waals surface area (Å²) in [6, 6.07) is 5.87. The van der Waals surface area contributed by atoms with Gasteiger partial charge >= 0.3 is 0 Å². The average Bonchev–Trinajstić information content (AvgIpc) is 2.72. The fourth-order valence-corrected chi connectivity index (χ4v) is 2.18. The first-order valence-electron chi connectivity index (χ1n) is 10.4. The fourth-order valence-electron chi connectivity index (χ4n) is 2.18. The number of nitrogens with zero attached hydrogens (tertiary/aromatic N) is 2. The molecule has 0 unspecified atom stereocenters. The number of ether oxygens (including phenoxy) is 1. The van der Waals surface area contributed by atoms with Gasteiger partial charge in [-0.15, -0.1) is 0 Å². The van der Waals surface area contributed by atoms with E-state index in [1.165, 1.54) is 0 Å². The van der Waals surface area contributed by atoms with Gasteiger partial charge in [0.2, 0.25) is 0 Å². The van der Waals surface area contributed by atoms with Gasteiger partial charge < -0.3 is 10.1 Å². The van der Waals surface area contributed by atoms with Crippen molar-refractivity contribution in [3.05, 3.63) is 77.9 Å². The Kier molecular flexibility index (Phi) is 16.1. The van der Waals surface area contributed by atoms with E-state index in [1.807, 2.05) is 70.2 Å². The van der Waals surface area contributed by atoms with Gasteiger partial charge in [0.25, 0.3) is 0 Å². The van der Waals surface area contributed by atoms with E-state index in [0.29, 0.717) is 6.54 Å². The van der Waals surface area contributed by atoms with E-state index in [0.717, 1.165) is 54.4 Å². The molecular formula is C25H39N3O. The number of pyridine rings is 1. The molecule has 0 aliphatic carbocycles. The monoisotopic (exact) mass is 397 g/mol. The number of aliphatic imine (C=N–C) groups is 1. The van der Waals surface area contributed by atoms with Crippen LogP contribution in [0.1, 0.15) is 60.1 Å². The number of allylic oxidation sites excluding steroid dienone is 5. The molecule has 0 saturated heterocycles. The van der Waals surface area contributed by atoms with Crippen molar-refractivity contribution in [3.8, 4) is 0 Å². The molecule has 0 aromatic carbocycles. The summed E-state index contributed by atoms with van der Waals surface area (Å²) in [7, 11) is 0. The van der Waals surface area contributed by atoms with E-state index in [1.54, 1.807) is 6.20 Å². The van der Waals surface area contributed by atoms with Gasteiger partial charge in [0.1, 0.15) is 0 Å². The highest BCUT2D eigenvalue weighted by Gasteiger charge is 2.05. The minimum atomic E-state index is 0.632. The normalized spacial score (nSPS) is 11.7. The molecule has 1 aromatic rings. The van der Waals surface area contributed by atoms with E-state index >= 15 is 0 Å². The van der Waals surface area contributed by atoms with Crippen molar-refractivity contribution >= 4 is 5.71 Å². The molecule has 1 heterocycles. The van der Waals surface area contributed by atoms with Crippen LogP contribution in [0.4, 0.5) is 0 Å². The molecule has 4 heteroatoms. The standard InChI is InChI=1S/C19H25N3.C6H14O/c1-6-7-8-11-16(4)19(22-15(2)3)17(5)21-14-18-12-9-10-13-20-18;1-3-5-7-6-4-2/h6-13,21H,5,14H2,1-4H3;3-6H2,1-2H3/b7-6-,11-8-,19-16+;. The van der Waals surface area contributed by atoms with Gasteiger partial charge in [-0.2, -0.15) is 0 Å². The number of hydrogen-bond donors (Lipinski definition) is 1. The molecule has 0 spiro atoms. The maximum absolute atomic E-state index is 5.13. The third kappa shape index (κ3) is 14.2. The molecule has 1 aromatic heterocycles. The highest BCUT2D eigenvalue weighted by Crippen LogP contribution is 2.15. The van der Waals surface area contributed by atoms with Gasteiger partial charge in [-0.05, 0) is 58.2 Å². The van der Waals surface area contributed by atoms with E-state index in [2.05, 4.69) is 35.7 Å². The van der Waals surface area contributed by atoms with Crippen LogP contribution in [0.2, 0.25) is 0 Å². The molecule has 0 aliphatic rings. The minimum Gasteiger partial charge on any atom is -0.381 e. The summed E-state index contributed by atoms with van der Waals surface area (Å²) < 4.78 is 5.13. The predicted molar refractivity (Wildman–Crippen MR) is 127 cm³/mol. The smallest absolute Gasteiger partial charge is 0.0883 e. The first kappa shape index (κ1) is 26.5. The lowest BCUT2D eigenvalue weighted by molar-refractivity contribution is 0.135. The Morgan fingerprint density at radius 2 is 1.83 bits per heavy atom. The Labute approximate surface area is 178 Å². The third-order valence-corrected chi connectivity index (χ3v) is 3.55. The molecule has 0 radical (unpaired) electrons. The molecule has 0 bridgehead atoms. The van der Waals surface area contributed by atoms with Crippen molar-refractivity contribution in [2.75, 3.05) is 13.2 Å². The van der Waals surface area contributed by atoms with Gasteiger partial charge in [0.05, 0.1) is 23.6 Å². The maximum atomic E-state index is 5.13. The van der Waals surface area contributed by atoms with Crippen LogP contribution in [0, 0.1) is 0 Å². The zero-order chi connectivity index (χ0) is 21.9. The summed E-state index contributed by atoms with van der Waals surface area (Å²) in [6.45, 7) is 18.8. The number of aromatic nitrogens is 1. The van der Waals surface area contributed by atoms with Crippen molar-refractivity contribution in [3.63, 3.8) is 0 Å². The van der Waals surface area contributed by atoms with Crippen LogP contribution >= 0.6 is 0 Å². The van der Waals surface area contributed by atoms with Crippen LogP contribution < -0.4 is 5.32 Å². The van der Waals surface area contributed by atoms with Crippen LogP contribution in [0.15, 0.2) is 77.2 Å². The van der Waals surface area contributed by atoms with Gasteiger partial charge in [0, 0.05) is 25.1 Å². The van der Waals surface area contributed by atoms with Gasteiger partial charge in [-0.1, -0.05) is 50.8 Å². The summed E-state index contributed by atoms with van der Waals surface area (Å²) in [5.41, 5.74) is 4.71. The van der Waals surface area contributed by atoms with Gasteiger partial charge in [0.15, 0.2) is 0 Å². The molecule has 160 valence electrons. The Morgan fingerprint density at radius 3 is 2.34 bits per heavy atom. The summed E-state index contributed by atoms with van der Waals surface area (Å²) in [6.07, 6.45) is 12.1. The summed E-state index contributed by atoms with van der Waals surface area (Å²) >= 11 is 0. The van der Waals surface area contributed by atoms with E-state index in [9.17, 15) is 0 Å². The Hall–Kier alpha value is -2.46. The van der Waals surface area contributed by atoms with Crippen LogP contribution in [-0.4, -0.2) is 23.9 Å². The average molecular weight is 398 g/mol. The number of nitrogens with one attached hydrogen (secondary N) is 1. The largest absolute Gasteiger partial charge is 0.381 e. The van der Waals surface area contributed by atoms with Crippen molar-refractivity contribution < 1.29 is 4.74 Å². The van der Waals surface area contributed by atoms with E-state index in [-0.39, 0.29) is 0 Å². The minimum absolute atomic E-state index is 0.632. The fraction of sp³-hybridized carbons (Fsp3) is 0.440. The molecule has 1 rings (SSSR count). The molecule has 1 N–H and O–H groups in total. The highest BCUT2D eigenvalue weighted by atomic mass is 16.5. The topological polar surface area (TPSA) is 46.5 Å². The van der Waals surface area contributed by atoms with Crippen LogP contribution in [-0.2, 0) is 11.3 Å². The van der Waals surface area contributed by atoms with Crippen LogP contribution in [0.3, 0.4) is 0 Å². The van der Waals surface area contributed by atoms with Crippen molar-refractivity contribution in [2.24, 2.45) is 4.99 Å². The van der Waals surface area contributed by atoms with E-state index < -0.39 is 0 Å². The Bertz CT molecular complexity index is 677. The lowest BCUT2D eigenvalue weighted by Gasteiger charge is -2.12. The molecule has 0 amide bonds. The van der Waals surface area contributed by atoms with Gasteiger partial charge in [-0.3, -0.25) is 9.98 Å². The second-order valence-electron chi connectivity index (χ2n) is 6.74. The Morgan fingerprint density at radius 1 is 1.14 bits per heavy atom. The van der Waals surface area contributed by atoms with Crippen molar-refractivity contribution in [1.82, 2.24) is 10.3 Å². The van der Waals surface area contributed by atoms with Gasteiger partial charge in [-0.25, -0.2) is 0 Å². The zero-order valence-corrected chi connectivity index (χ0v) is 19.2. The van der Waals surface area contributed by atoms with Crippen molar-refractivity contribution in [2.45, 2.75) is 60.9 Å². The molecule has 0 aliphatic heterocycles. The quantitative estimate of drug-likeness (QED) is 0.267. The SMILES string of the molecule is C=C(NCc1ccccn1)\C(N=C(C)C)=C(C)/C=C\C=C/C.CCCOCCC. The summed E-state index contributed by atoms with van der Waals surface area (Å²) in [5.74, 6) is 0. The lowest BCUT2D eigenvalue weighted by atomic mass is 10.1. The lowest BCUT2D eigenvalue weighted by Crippen LogP contribution is -2.15. The second-order valence-corrected chi connectivity index (χ2v) is 6.74. The van der Waals surface area contributed by atoms with Crippen LogP contribution in [0.5, 0.6) is 0 Å². The number of rotatable bonds is 11.